The van der Waals surface area contributed by atoms with Crippen LogP contribution >= 0.6 is 0 Å². The molecule has 3 nitrogen and oxygen atoms in total. The van der Waals surface area contributed by atoms with Crippen molar-refractivity contribution in [2.45, 2.75) is 12.8 Å². The van der Waals surface area contributed by atoms with Crippen LogP contribution in [0.5, 0.6) is 0 Å². The molecule has 0 unspecified atom stereocenters. The van der Waals surface area contributed by atoms with E-state index in [9.17, 15) is 4.79 Å². The van der Waals surface area contributed by atoms with Crippen LogP contribution in [0.3, 0.4) is 0 Å². The number of aliphatic carboxylic acids is 1. The predicted octanol–water partition coefficient (Wildman–Crippen LogP) is -2.58. The molecule has 62 valence electrons. The first-order valence-electron chi connectivity index (χ1n) is 2.99. The fourth-order valence-electron chi connectivity index (χ4n) is 0.547. The van der Waals surface area contributed by atoms with E-state index in [4.69, 9.17) is 5.11 Å². The molecule has 0 aliphatic heterocycles. The van der Waals surface area contributed by atoms with Crippen LogP contribution < -0.4 is 12.4 Å². The monoisotopic (exact) mass is 166 g/mol. The summed E-state index contributed by atoms with van der Waals surface area (Å²) in [4.78, 5) is 11.9. The van der Waals surface area contributed by atoms with E-state index in [1.54, 1.807) is 0 Å². The standard InChI is InChI=1S/C6H13NO2.ClH/c1-7(2)5-3-4-6(8)9;/h3-5H2,1-2H3,(H,8,9);1H/p-1. The molecule has 0 saturated heterocycles. The van der Waals surface area contributed by atoms with Gasteiger partial charge in [0.25, 0.3) is 0 Å². The topological polar surface area (TPSA) is 40.5 Å². The Bertz CT molecular complexity index is 95.7. The van der Waals surface area contributed by atoms with Gasteiger partial charge in [0.05, 0.1) is 0 Å². The van der Waals surface area contributed by atoms with E-state index in [1.165, 1.54) is 0 Å². The van der Waals surface area contributed by atoms with Gasteiger partial charge in [-0.2, -0.15) is 0 Å². The van der Waals surface area contributed by atoms with Crippen LogP contribution in [0.4, 0.5) is 0 Å². The Hall–Kier alpha value is -0.280. The van der Waals surface area contributed by atoms with Gasteiger partial charge in [-0.05, 0) is 27.1 Å². The summed E-state index contributed by atoms with van der Waals surface area (Å²) in [6.45, 7) is 0.853. The summed E-state index contributed by atoms with van der Waals surface area (Å²) in [5.41, 5.74) is 0. The molecule has 1 N–H and O–H groups in total. The molecule has 0 fully saturated rings. The van der Waals surface area contributed by atoms with Gasteiger partial charge < -0.3 is 22.4 Å². The van der Waals surface area contributed by atoms with Crippen LogP contribution in [0.1, 0.15) is 12.8 Å². The van der Waals surface area contributed by atoms with Crippen molar-refractivity contribution in [3.05, 3.63) is 0 Å². The van der Waals surface area contributed by atoms with Crippen molar-refractivity contribution in [2.24, 2.45) is 0 Å². The molecular weight excluding hydrogens is 154 g/mol. The molecule has 0 atom stereocenters. The Morgan fingerprint density at radius 1 is 1.50 bits per heavy atom. The van der Waals surface area contributed by atoms with Gasteiger partial charge in [-0.25, -0.2) is 0 Å². The maximum Gasteiger partial charge on any atom is 0.303 e. The van der Waals surface area contributed by atoms with E-state index in [-0.39, 0.29) is 18.8 Å². The first-order chi connectivity index (χ1) is 4.13. The minimum Gasteiger partial charge on any atom is -1.00 e. The molecule has 0 radical (unpaired) electrons. The highest BCUT2D eigenvalue weighted by Crippen LogP contribution is 1.89. The Balaban J connectivity index is 0. The first kappa shape index (κ1) is 12.4. The fraction of sp³-hybridized carbons (Fsp3) is 0.833. The summed E-state index contributed by atoms with van der Waals surface area (Å²) < 4.78 is 0. The second-order valence-electron chi connectivity index (χ2n) is 2.30. The molecule has 0 saturated carbocycles. The largest absolute Gasteiger partial charge is 1.00 e. The summed E-state index contributed by atoms with van der Waals surface area (Å²) in [6, 6.07) is 0. The highest BCUT2D eigenvalue weighted by molar-refractivity contribution is 5.66. The highest BCUT2D eigenvalue weighted by atomic mass is 35.5. The third-order valence-corrected chi connectivity index (χ3v) is 0.996. The molecule has 0 aromatic heterocycles. The number of hydrogen-bond donors (Lipinski definition) is 1. The first-order valence-corrected chi connectivity index (χ1v) is 2.99. The van der Waals surface area contributed by atoms with Gasteiger partial charge >= 0.3 is 5.97 Å². The van der Waals surface area contributed by atoms with Crippen LogP contribution in [0.15, 0.2) is 0 Å². The van der Waals surface area contributed by atoms with Crippen molar-refractivity contribution in [2.75, 3.05) is 20.6 Å². The Labute approximate surface area is 67.4 Å². The number of carboxylic acids is 1. The molecular formula is C6H13ClNO2-. The minimum atomic E-state index is -0.711. The summed E-state index contributed by atoms with van der Waals surface area (Å²) in [5.74, 6) is -0.711. The Kier molecular flexibility index (Phi) is 8.48. The predicted molar refractivity (Wildman–Crippen MR) is 35.4 cm³/mol. The fourth-order valence-corrected chi connectivity index (χ4v) is 0.547. The average Bonchev–Trinajstić information content (AvgIpc) is 1.63. The van der Waals surface area contributed by atoms with Crippen LogP contribution in [0, 0.1) is 0 Å². The van der Waals surface area contributed by atoms with Crippen LogP contribution in [0.25, 0.3) is 0 Å². The van der Waals surface area contributed by atoms with Crippen molar-refractivity contribution in [3.63, 3.8) is 0 Å². The zero-order valence-corrected chi connectivity index (χ0v) is 7.06. The van der Waals surface area contributed by atoms with Crippen molar-refractivity contribution >= 4 is 5.97 Å². The van der Waals surface area contributed by atoms with Crippen LogP contribution in [-0.4, -0.2) is 36.6 Å². The summed E-state index contributed by atoms with van der Waals surface area (Å²) in [7, 11) is 3.86. The van der Waals surface area contributed by atoms with Crippen molar-refractivity contribution < 1.29 is 22.3 Å². The van der Waals surface area contributed by atoms with E-state index >= 15 is 0 Å². The quantitative estimate of drug-likeness (QED) is 0.499. The van der Waals surface area contributed by atoms with Crippen LogP contribution in [-0.2, 0) is 4.79 Å². The molecule has 0 aromatic carbocycles. The zero-order valence-electron chi connectivity index (χ0n) is 6.30. The molecule has 0 aliphatic rings. The van der Waals surface area contributed by atoms with Crippen molar-refractivity contribution in [1.82, 2.24) is 4.90 Å². The lowest BCUT2D eigenvalue weighted by Gasteiger charge is -2.06. The maximum atomic E-state index is 9.96. The second kappa shape index (κ2) is 6.83. The maximum absolute atomic E-state index is 9.96. The van der Waals surface area contributed by atoms with Gasteiger partial charge in [0.15, 0.2) is 0 Å². The highest BCUT2D eigenvalue weighted by Gasteiger charge is 1.95. The molecule has 0 rings (SSSR count). The Morgan fingerprint density at radius 3 is 2.30 bits per heavy atom. The van der Waals surface area contributed by atoms with E-state index in [1.807, 2.05) is 19.0 Å². The van der Waals surface area contributed by atoms with Gasteiger partial charge in [-0.1, -0.05) is 0 Å². The van der Waals surface area contributed by atoms with E-state index in [0.29, 0.717) is 0 Å². The number of hydrogen-bond acceptors (Lipinski definition) is 2. The lowest BCUT2D eigenvalue weighted by atomic mass is 10.3. The van der Waals surface area contributed by atoms with Gasteiger partial charge in [0.1, 0.15) is 0 Å². The molecule has 0 spiro atoms. The lowest BCUT2D eigenvalue weighted by molar-refractivity contribution is -0.137. The number of carbonyl (C=O) groups is 1. The number of carboxylic acid groups (broad SMARTS) is 1. The molecule has 0 heterocycles. The van der Waals surface area contributed by atoms with Gasteiger partial charge in [0, 0.05) is 6.42 Å². The lowest BCUT2D eigenvalue weighted by Crippen LogP contribution is -3.00. The third kappa shape index (κ3) is 10.7. The normalized spacial score (nSPS) is 9.10. The number of halogens is 1. The molecule has 4 heteroatoms. The molecule has 0 aromatic rings. The van der Waals surface area contributed by atoms with E-state index in [0.717, 1.165) is 13.0 Å². The van der Waals surface area contributed by atoms with Crippen LogP contribution in [0.2, 0.25) is 0 Å². The molecule has 10 heavy (non-hydrogen) atoms. The average molecular weight is 167 g/mol. The third-order valence-electron chi connectivity index (χ3n) is 0.996. The summed E-state index contributed by atoms with van der Waals surface area (Å²) in [5, 5.41) is 8.21. The number of rotatable bonds is 4. The van der Waals surface area contributed by atoms with Gasteiger partial charge in [-0.15, -0.1) is 0 Å². The van der Waals surface area contributed by atoms with Crippen molar-refractivity contribution in [1.29, 1.82) is 0 Å². The van der Waals surface area contributed by atoms with E-state index in [2.05, 4.69) is 0 Å². The second-order valence-corrected chi connectivity index (χ2v) is 2.30. The molecule has 0 amide bonds. The number of nitrogens with zero attached hydrogens (tertiary/aromatic N) is 1. The van der Waals surface area contributed by atoms with Gasteiger partial charge in [0.2, 0.25) is 0 Å². The summed E-state index contributed by atoms with van der Waals surface area (Å²) in [6.07, 6.45) is 1.01. The minimum absolute atomic E-state index is 0. The SMILES string of the molecule is CN(C)CCCC(=O)O.[Cl-]. The van der Waals surface area contributed by atoms with E-state index < -0.39 is 5.97 Å². The molecule has 0 bridgehead atoms. The smallest absolute Gasteiger partial charge is 0.303 e. The zero-order chi connectivity index (χ0) is 7.28. The summed E-state index contributed by atoms with van der Waals surface area (Å²) >= 11 is 0. The molecule has 0 aliphatic carbocycles. The Morgan fingerprint density at radius 2 is 2.00 bits per heavy atom. The van der Waals surface area contributed by atoms with Gasteiger partial charge in [-0.3, -0.25) is 4.79 Å². The van der Waals surface area contributed by atoms with Crippen molar-refractivity contribution in [3.8, 4) is 0 Å².